The zero-order valence-corrected chi connectivity index (χ0v) is 54.2. The average Bonchev–Trinajstić information content (AvgIpc) is 1.59. The molecule has 6 heteroatoms. The predicted octanol–water partition coefficient (Wildman–Crippen LogP) is 21.5. The monoisotopic (exact) mass is 1160 g/mol. The molecule has 6 nitrogen and oxygen atoms in total. The minimum absolute atomic E-state index is 0.754. The molecule has 0 saturated heterocycles. The largest absolute Gasteiger partial charge is 0.341 e. The zero-order chi connectivity index (χ0) is 63.8. The van der Waals surface area contributed by atoms with Gasteiger partial charge in [-0.3, -0.25) is 15.0 Å². The molecule has 0 saturated carbocycles. The molecular formula is C82H92N6. The van der Waals surface area contributed by atoms with Crippen LogP contribution in [0.1, 0.15) is 128 Å². The number of benzene rings is 2. The van der Waals surface area contributed by atoms with Crippen molar-refractivity contribution in [2.75, 3.05) is 16.3 Å². The van der Waals surface area contributed by atoms with Gasteiger partial charge in [0.05, 0.1) is 22.6 Å². The second-order valence-corrected chi connectivity index (χ2v) is 20.9. The molecule has 88 heavy (non-hydrogen) atoms. The summed E-state index contributed by atoms with van der Waals surface area (Å²) < 4.78 is 2.33. The first kappa shape index (κ1) is 69.0. The van der Waals surface area contributed by atoms with Crippen LogP contribution in [0.2, 0.25) is 0 Å². The second kappa shape index (κ2) is 37.0. The lowest BCUT2D eigenvalue weighted by atomic mass is 9.94. The van der Waals surface area contributed by atoms with Crippen LogP contribution in [0.3, 0.4) is 0 Å². The molecule has 6 aromatic rings. The van der Waals surface area contributed by atoms with Crippen LogP contribution in [0.4, 0.5) is 17.1 Å². The summed E-state index contributed by atoms with van der Waals surface area (Å²) in [6, 6.07) is 24.5. The molecule has 0 radical (unpaired) electrons. The van der Waals surface area contributed by atoms with E-state index in [1.807, 2.05) is 64.0 Å². The summed E-state index contributed by atoms with van der Waals surface area (Å²) in [5, 5.41) is 1.10. The van der Waals surface area contributed by atoms with Crippen LogP contribution in [-0.4, -0.2) is 26.1 Å². The standard InChI is InChI=1S/C69H72N6.C8H10.C3H4.C2H6/c1-9-15-17-21-41-73(61-35-38-70-39-36-61)60(13-5)30-25-53(11-3)44-54(12-4)45-57(46-56-28-31-62(32-29-56)74-67(23-16-10-2)64(14-6)65-50-71-40-37-68(65)74)43-51(7)42-55-26-33-63(34-27-55)75-66-24-20-18-19-22-58(66)47-59-49-72-48-52(8)69(59)75;1-5-7(3)8(4)6-2;1-3-2;1-2/h9,12,14-17,20-21,23-40,43,45,48-50H,6,10-11,13,18,41-42,44,46-47H2,1-5,7-8H3;5-6H,1-4H2;1H,2H3;1-2H3/b15-9-,21-17-,23-16-,51-43+,53-25+,54-12-,57-45+,60-30+;;;. The number of hydrogen-bond acceptors (Lipinski definition) is 5. The van der Waals surface area contributed by atoms with E-state index in [9.17, 15) is 0 Å². The number of rotatable bonds is 24. The van der Waals surface area contributed by atoms with Crippen LogP contribution in [0.5, 0.6) is 0 Å². The second-order valence-electron chi connectivity index (χ2n) is 20.9. The highest BCUT2D eigenvalue weighted by Crippen LogP contribution is 2.42. The molecule has 4 aromatic heterocycles. The molecule has 0 spiro atoms. The lowest BCUT2D eigenvalue weighted by Gasteiger charge is -2.34. The van der Waals surface area contributed by atoms with Crippen LogP contribution in [0.25, 0.3) is 28.7 Å². The molecule has 1 aliphatic carbocycles. The van der Waals surface area contributed by atoms with Gasteiger partial charge < -0.3 is 14.4 Å². The van der Waals surface area contributed by atoms with Gasteiger partial charge in [0.1, 0.15) is 0 Å². The molecule has 0 atom stereocenters. The van der Waals surface area contributed by atoms with E-state index in [-0.39, 0.29) is 0 Å². The predicted molar refractivity (Wildman–Crippen MR) is 385 cm³/mol. The Labute approximate surface area is 529 Å². The summed E-state index contributed by atoms with van der Waals surface area (Å²) >= 11 is 0. The highest BCUT2D eigenvalue weighted by Gasteiger charge is 2.27. The Morgan fingerprint density at radius 3 is 2.07 bits per heavy atom. The van der Waals surface area contributed by atoms with Crippen LogP contribution < -0.4 is 9.80 Å². The third-order valence-corrected chi connectivity index (χ3v) is 14.8. The molecule has 5 heterocycles. The fourth-order valence-electron chi connectivity index (χ4n) is 10.4. The van der Waals surface area contributed by atoms with Gasteiger partial charge in [0.25, 0.3) is 0 Å². The van der Waals surface area contributed by atoms with Crippen LogP contribution >= 0.6 is 0 Å². The number of pyridine rings is 3. The smallest absolute Gasteiger partial charge is 0.0578 e. The van der Waals surface area contributed by atoms with Gasteiger partial charge in [0, 0.05) is 95.8 Å². The van der Waals surface area contributed by atoms with Gasteiger partial charge in [0.15, 0.2) is 0 Å². The van der Waals surface area contributed by atoms with Gasteiger partial charge in [-0.2, -0.15) is 0 Å². The lowest BCUT2D eigenvalue weighted by Crippen LogP contribution is -2.24. The first-order valence-corrected chi connectivity index (χ1v) is 30.9. The summed E-state index contributed by atoms with van der Waals surface area (Å²) in [5.74, 6) is 9.05. The van der Waals surface area contributed by atoms with Crippen LogP contribution in [0.15, 0.2) is 272 Å². The van der Waals surface area contributed by atoms with Gasteiger partial charge in [0.2, 0.25) is 0 Å². The quantitative estimate of drug-likeness (QED) is 0.0446. The van der Waals surface area contributed by atoms with Gasteiger partial charge in [-0.05, 0) is 178 Å². The van der Waals surface area contributed by atoms with Crippen molar-refractivity contribution in [2.45, 2.75) is 121 Å². The first-order chi connectivity index (χ1) is 42.9. The molecule has 0 fully saturated rings. The van der Waals surface area contributed by atoms with E-state index in [0.717, 1.165) is 125 Å². The highest BCUT2D eigenvalue weighted by atomic mass is 15.2. The summed E-state index contributed by atoms with van der Waals surface area (Å²) in [6.45, 7) is 40.3. The fourth-order valence-corrected chi connectivity index (χ4v) is 10.4. The fraction of sp³-hybridized carbons (Fsp3) is 0.232. The Bertz CT molecular complexity index is 3780. The van der Waals surface area contributed by atoms with Crippen molar-refractivity contribution in [2.24, 2.45) is 0 Å². The van der Waals surface area contributed by atoms with E-state index in [4.69, 9.17) is 0 Å². The normalized spacial score (nSPS) is 13.2. The van der Waals surface area contributed by atoms with E-state index < -0.39 is 0 Å². The number of fused-ring (bicyclic) bond motifs is 2. The number of aromatic nitrogens is 4. The van der Waals surface area contributed by atoms with E-state index in [1.165, 1.54) is 50.4 Å². The topological polar surface area (TPSA) is 50.1 Å². The molecule has 450 valence electrons. The molecule has 2 aliphatic rings. The van der Waals surface area contributed by atoms with Crippen molar-refractivity contribution in [1.82, 2.24) is 19.5 Å². The Balaban J connectivity index is 0.000000986. The summed E-state index contributed by atoms with van der Waals surface area (Å²) in [6.07, 6.45) is 57.3. The van der Waals surface area contributed by atoms with Crippen molar-refractivity contribution in [3.8, 4) is 29.9 Å². The summed E-state index contributed by atoms with van der Waals surface area (Å²) in [4.78, 5) is 18.1. The third kappa shape index (κ3) is 19.1. The molecule has 0 bridgehead atoms. The molecule has 1 aliphatic heterocycles. The first-order valence-electron chi connectivity index (χ1n) is 30.9. The average molecular weight is 1160 g/mol. The number of nitrogens with zero attached hydrogens (tertiary/aromatic N) is 6. The number of aryl methyl sites for hydroxylation is 1. The van der Waals surface area contributed by atoms with E-state index in [1.54, 1.807) is 19.1 Å². The van der Waals surface area contributed by atoms with E-state index >= 15 is 0 Å². The number of allylic oxidation sites excluding steroid dienone is 21. The van der Waals surface area contributed by atoms with Crippen molar-refractivity contribution in [1.29, 1.82) is 0 Å². The molecule has 8 rings (SSSR count). The third-order valence-electron chi connectivity index (χ3n) is 14.8. The molecular weight excluding hydrogens is 1070 g/mol. The van der Waals surface area contributed by atoms with E-state index in [2.05, 4.69) is 274 Å². The van der Waals surface area contributed by atoms with Crippen molar-refractivity contribution >= 4 is 40.1 Å². The molecule has 0 amide bonds. The Hall–Kier alpha value is -9.75. The van der Waals surface area contributed by atoms with Gasteiger partial charge in [-0.15, -0.1) is 12.3 Å². The van der Waals surface area contributed by atoms with Crippen molar-refractivity contribution < 1.29 is 0 Å². The zero-order valence-electron chi connectivity index (χ0n) is 54.2. The maximum atomic E-state index is 4.60. The lowest BCUT2D eigenvalue weighted by molar-refractivity contribution is 0.924. The number of anilines is 3. The molecule has 0 N–H and O–H groups in total. The summed E-state index contributed by atoms with van der Waals surface area (Å²) in [5.41, 5.74) is 23.3. The Morgan fingerprint density at radius 2 is 1.44 bits per heavy atom. The summed E-state index contributed by atoms with van der Waals surface area (Å²) in [7, 11) is 0. The molecule has 2 aromatic carbocycles. The van der Waals surface area contributed by atoms with Gasteiger partial charge >= 0.3 is 0 Å². The minimum atomic E-state index is 0.754. The van der Waals surface area contributed by atoms with Gasteiger partial charge in [-0.1, -0.05) is 194 Å². The van der Waals surface area contributed by atoms with Crippen LogP contribution in [0, 0.1) is 31.1 Å². The number of terminal acetylenes is 1. The van der Waals surface area contributed by atoms with Crippen LogP contribution in [-0.2, 0) is 19.3 Å². The van der Waals surface area contributed by atoms with Crippen molar-refractivity contribution in [3.63, 3.8) is 0 Å². The highest BCUT2D eigenvalue weighted by molar-refractivity contribution is 5.94. The Morgan fingerprint density at radius 1 is 0.773 bits per heavy atom. The Kier molecular flexibility index (Phi) is 29.0. The SMILES string of the molecule is C#CC.C=CC(=C)C(=C)C=C.C=Cc1c(/C=C\CC)n(-c2ccc(CC(=C/C(=C\C)C/C(=C/C=C(\CC)N(C/C=C\C=C/C)c3ccncc3)CC)/C=C(\C)Cc3ccc(N4C5=C(C#CCC=C5)Cc5cncc(C)c54)cc3)cc2)c2ccncc12.CC. The van der Waals surface area contributed by atoms with Gasteiger partial charge in [-0.25, -0.2) is 0 Å². The minimum Gasteiger partial charge on any atom is -0.341 e. The maximum Gasteiger partial charge on any atom is 0.0578 e. The molecule has 0 unspecified atom stereocenters. The number of hydrogen-bond donors (Lipinski definition) is 0. The van der Waals surface area contributed by atoms with Crippen molar-refractivity contribution in [3.05, 3.63) is 306 Å². The maximum absolute atomic E-state index is 4.60. The van der Waals surface area contributed by atoms with E-state index in [0.29, 0.717) is 0 Å².